The van der Waals surface area contributed by atoms with E-state index in [1.807, 2.05) is 30.3 Å². The summed E-state index contributed by atoms with van der Waals surface area (Å²) in [6.07, 6.45) is -4.54. The molecule has 1 fully saturated rings. The van der Waals surface area contributed by atoms with Gasteiger partial charge in [0, 0.05) is 18.8 Å². The van der Waals surface area contributed by atoms with E-state index < -0.39 is 43.2 Å². The van der Waals surface area contributed by atoms with Gasteiger partial charge in [0.05, 0.1) is 6.61 Å². The van der Waals surface area contributed by atoms with Crippen molar-refractivity contribution in [3.8, 4) is 6.07 Å². The molecule has 1 aliphatic heterocycles. The molecule has 1 aliphatic rings. The van der Waals surface area contributed by atoms with Crippen molar-refractivity contribution >= 4 is 28.4 Å². The van der Waals surface area contributed by atoms with Crippen molar-refractivity contribution in [3.63, 3.8) is 0 Å². The van der Waals surface area contributed by atoms with Crippen molar-refractivity contribution in [2.24, 2.45) is 0 Å². The molecule has 1 unspecified atom stereocenters. The van der Waals surface area contributed by atoms with E-state index in [-0.39, 0.29) is 5.57 Å². The first-order chi connectivity index (χ1) is 15.8. The minimum atomic E-state index is -1.66. The number of carbonyl (C=O) groups excluding carboxylic acids is 1. The molecule has 0 radical (unpaired) electrons. The molecule has 0 saturated carbocycles. The number of hydrogen-bond acceptors (Lipinski definition) is 8. The molecule has 0 bridgehead atoms. The average molecular weight is 456 g/mol. The normalized spacial score (nSPS) is 25.5. The van der Waals surface area contributed by atoms with E-state index in [4.69, 9.17) is 9.84 Å². The van der Waals surface area contributed by atoms with Crippen LogP contribution >= 0.6 is 0 Å². The molecule has 1 amide bonds. The van der Waals surface area contributed by atoms with Gasteiger partial charge in [-0.05, 0) is 54.5 Å². The molecule has 0 aromatic heterocycles. The number of nitrogens with zero attached hydrogens (tertiary/aromatic N) is 2. The van der Waals surface area contributed by atoms with E-state index in [0.29, 0.717) is 5.56 Å². The first-order valence-electron chi connectivity index (χ1n) is 10.8. The highest BCUT2D eigenvalue weighted by Crippen LogP contribution is 2.24. The van der Waals surface area contributed by atoms with Crippen LogP contribution in [0.5, 0.6) is 0 Å². The number of nitriles is 1. The Labute approximate surface area is 192 Å². The third-order valence-electron chi connectivity index (χ3n) is 5.85. The molecule has 2 aromatic rings. The molecule has 1 heterocycles. The summed E-state index contributed by atoms with van der Waals surface area (Å²) in [6, 6.07) is 12.1. The van der Waals surface area contributed by atoms with Crippen molar-refractivity contribution < 1.29 is 30.0 Å². The topological polar surface area (TPSA) is 146 Å². The van der Waals surface area contributed by atoms with Crippen molar-refractivity contribution in [3.05, 3.63) is 47.5 Å². The van der Waals surface area contributed by atoms with E-state index >= 15 is 0 Å². The minimum absolute atomic E-state index is 0.243. The zero-order valence-corrected chi connectivity index (χ0v) is 18.5. The molecule has 9 heteroatoms. The number of benzene rings is 2. The van der Waals surface area contributed by atoms with Crippen LogP contribution < -0.4 is 10.2 Å². The Morgan fingerprint density at radius 1 is 1.12 bits per heavy atom. The van der Waals surface area contributed by atoms with Crippen LogP contribution in [0.3, 0.4) is 0 Å². The third-order valence-corrected chi connectivity index (χ3v) is 5.85. The Kier molecular flexibility index (Phi) is 8.02. The molecule has 9 nitrogen and oxygen atoms in total. The average Bonchev–Trinajstić information content (AvgIpc) is 2.83. The van der Waals surface area contributed by atoms with E-state index in [9.17, 15) is 25.4 Å². The summed E-state index contributed by atoms with van der Waals surface area (Å²) >= 11 is 0. The number of carbonyl (C=O) groups is 1. The molecule has 33 heavy (non-hydrogen) atoms. The minimum Gasteiger partial charge on any atom is -0.394 e. The summed E-state index contributed by atoms with van der Waals surface area (Å²) in [5.74, 6) is -0.837. The lowest BCUT2D eigenvalue weighted by molar-refractivity contribution is -0.253. The van der Waals surface area contributed by atoms with Gasteiger partial charge in [0.25, 0.3) is 5.91 Å². The molecule has 2 aromatic carbocycles. The lowest BCUT2D eigenvalue weighted by Gasteiger charge is -2.40. The fraction of sp³-hybridized carbons (Fsp3) is 0.417. The van der Waals surface area contributed by atoms with Gasteiger partial charge in [-0.15, -0.1) is 0 Å². The van der Waals surface area contributed by atoms with Gasteiger partial charge in [-0.3, -0.25) is 4.79 Å². The van der Waals surface area contributed by atoms with Crippen LogP contribution in [-0.4, -0.2) is 76.7 Å². The maximum Gasteiger partial charge on any atom is 0.262 e. The van der Waals surface area contributed by atoms with Crippen LogP contribution in [0, 0.1) is 11.3 Å². The van der Waals surface area contributed by atoms with Crippen LogP contribution in [0.25, 0.3) is 16.8 Å². The maximum atomic E-state index is 12.6. The van der Waals surface area contributed by atoms with Crippen LogP contribution in [0.4, 0.5) is 5.69 Å². The van der Waals surface area contributed by atoms with E-state index in [2.05, 4.69) is 30.1 Å². The first-order valence-corrected chi connectivity index (χ1v) is 10.8. The van der Waals surface area contributed by atoms with Gasteiger partial charge in [0.2, 0.25) is 0 Å². The molecule has 5 N–H and O–H groups in total. The van der Waals surface area contributed by atoms with Crippen molar-refractivity contribution in [2.75, 3.05) is 24.6 Å². The van der Waals surface area contributed by atoms with Gasteiger partial charge in [0.15, 0.2) is 6.29 Å². The van der Waals surface area contributed by atoms with E-state index in [1.54, 1.807) is 6.07 Å². The largest absolute Gasteiger partial charge is 0.394 e. The maximum absolute atomic E-state index is 12.6. The predicted molar refractivity (Wildman–Crippen MR) is 123 cm³/mol. The fourth-order valence-corrected chi connectivity index (χ4v) is 3.92. The van der Waals surface area contributed by atoms with Crippen molar-refractivity contribution in [1.82, 2.24) is 5.32 Å². The quantitative estimate of drug-likeness (QED) is 0.300. The smallest absolute Gasteiger partial charge is 0.262 e. The fourth-order valence-electron chi connectivity index (χ4n) is 3.92. The zero-order valence-electron chi connectivity index (χ0n) is 18.5. The Morgan fingerprint density at radius 2 is 1.79 bits per heavy atom. The van der Waals surface area contributed by atoms with Gasteiger partial charge >= 0.3 is 0 Å². The summed E-state index contributed by atoms with van der Waals surface area (Å²) < 4.78 is 5.03. The zero-order chi connectivity index (χ0) is 24.1. The molecule has 5 atom stereocenters. The number of aliphatic hydroxyl groups excluding tert-OH is 4. The standard InChI is InChI=1S/C24H29N3O6/c1-3-27(4-2)18-8-7-15-9-14(5-6-16(15)11-18)10-17(12-25)23(31)26-20-22(30)21(29)19(13-28)33-24(20)32/h5-11,19-22,24,28-30,32H,3-4,13H2,1-2H3,(H,26,31)/b17-10+/t19-,20-,21-,22-,24?/m1/s1. The second-order valence-corrected chi connectivity index (χ2v) is 7.86. The number of hydrogen-bond donors (Lipinski definition) is 5. The molecule has 0 spiro atoms. The predicted octanol–water partition coefficient (Wildman–Crippen LogP) is 0.509. The summed E-state index contributed by atoms with van der Waals surface area (Å²) in [4.78, 5) is 14.9. The second kappa shape index (κ2) is 10.7. The number of amides is 1. The molecule has 0 aliphatic carbocycles. The number of ether oxygens (including phenoxy) is 1. The second-order valence-electron chi connectivity index (χ2n) is 7.86. The van der Waals surface area contributed by atoms with Gasteiger partial charge in [-0.1, -0.05) is 18.2 Å². The molecule has 3 rings (SSSR count). The Bertz CT molecular complexity index is 1060. The summed E-state index contributed by atoms with van der Waals surface area (Å²) in [5, 5.41) is 53.2. The van der Waals surface area contributed by atoms with Gasteiger partial charge < -0.3 is 35.4 Å². The van der Waals surface area contributed by atoms with Crippen LogP contribution in [0.1, 0.15) is 19.4 Å². The van der Waals surface area contributed by atoms with Gasteiger partial charge in [-0.25, -0.2) is 0 Å². The lowest BCUT2D eigenvalue weighted by atomic mass is 9.96. The highest BCUT2D eigenvalue weighted by molar-refractivity contribution is 6.02. The van der Waals surface area contributed by atoms with Crippen LogP contribution in [0.15, 0.2) is 42.0 Å². The van der Waals surface area contributed by atoms with Crippen LogP contribution in [-0.2, 0) is 9.53 Å². The highest BCUT2D eigenvalue weighted by Gasteiger charge is 2.44. The molecular formula is C24H29N3O6. The van der Waals surface area contributed by atoms with Gasteiger partial charge in [0.1, 0.15) is 36.0 Å². The summed E-state index contributed by atoms with van der Waals surface area (Å²) in [5.41, 5.74) is 1.50. The summed E-state index contributed by atoms with van der Waals surface area (Å²) in [7, 11) is 0. The Hall–Kier alpha value is -3.00. The first kappa shape index (κ1) is 24.6. The third kappa shape index (κ3) is 5.33. The number of fused-ring (bicyclic) bond motifs is 1. The monoisotopic (exact) mass is 455 g/mol. The molecular weight excluding hydrogens is 426 g/mol. The van der Waals surface area contributed by atoms with Crippen LogP contribution in [0.2, 0.25) is 0 Å². The molecule has 176 valence electrons. The highest BCUT2D eigenvalue weighted by atomic mass is 16.6. The Balaban J connectivity index is 1.80. The molecule has 1 saturated heterocycles. The Morgan fingerprint density at radius 3 is 2.42 bits per heavy atom. The van der Waals surface area contributed by atoms with Crippen molar-refractivity contribution in [2.45, 2.75) is 44.5 Å². The van der Waals surface area contributed by atoms with Crippen molar-refractivity contribution in [1.29, 1.82) is 5.26 Å². The number of anilines is 1. The number of nitrogens with one attached hydrogen (secondary N) is 1. The van der Waals surface area contributed by atoms with Gasteiger partial charge in [-0.2, -0.15) is 5.26 Å². The summed E-state index contributed by atoms with van der Waals surface area (Å²) in [6.45, 7) is 5.38. The van der Waals surface area contributed by atoms with E-state index in [1.165, 1.54) is 6.08 Å². The number of rotatable bonds is 7. The van der Waals surface area contributed by atoms with E-state index in [0.717, 1.165) is 29.5 Å². The SMILES string of the molecule is CCN(CC)c1ccc2cc(/C=C(\C#N)C(=O)N[C@H]3C(O)O[C@H](CO)[C@@H](O)[C@@H]3O)ccc2c1. The lowest BCUT2D eigenvalue weighted by Crippen LogP contribution is -2.64. The number of aliphatic hydroxyl groups is 4.